The SMILES string of the molecule is CCCCCC(C)(CC)c1cncc(F)c1. The number of rotatable bonds is 6. The average Bonchev–Trinajstić information content (AvgIpc) is 2.29. The lowest BCUT2D eigenvalue weighted by Crippen LogP contribution is -2.21. The van der Waals surface area contributed by atoms with Crippen molar-refractivity contribution < 1.29 is 4.39 Å². The van der Waals surface area contributed by atoms with Gasteiger partial charge >= 0.3 is 0 Å². The van der Waals surface area contributed by atoms with E-state index in [0.29, 0.717) is 0 Å². The van der Waals surface area contributed by atoms with Crippen molar-refractivity contribution in [2.24, 2.45) is 0 Å². The van der Waals surface area contributed by atoms with E-state index < -0.39 is 0 Å². The van der Waals surface area contributed by atoms with Crippen LogP contribution in [0.15, 0.2) is 18.5 Å². The maximum Gasteiger partial charge on any atom is 0.141 e. The minimum atomic E-state index is -0.229. The van der Waals surface area contributed by atoms with Gasteiger partial charge in [-0.1, -0.05) is 40.0 Å². The van der Waals surface area contributed by atoms with Crippen LogP contribution in [0.1, 0.15) is 58.4 Å². The van der Waals surface area contributed by atoms with Gasteiger partial charge in [0, 0.05) is 6.20 Å². The summed E-state index contributed by atoms with van der Waals surface area (Å²) in [6.07, 6.45) is 8.89. The summed E-state index contributed by atoms with van der Waals surface area (Å²) < 4.78 is 13.2. The lowest BCUT2D eigenvalue weighted by molar-refractivity contribution is 0.395. The van der Waals surface area contributed by atoms with Crippen LogP contribution < -0.4 is 0 Å². The molecule has 0 radical (unpaired) electrons. The fourth-order valence-corrected chi connectivity index (χ4v) is 2.03. The minimum absolute atomic E-state index is 0.0737. The van der Waals surface area contributed by atoms with Gasteiger partial charge in [-0.05, 0) is 29.9 Å². The maximum absolute atomic E-state index is 13.2. The molecule has 1 heterocycles. The second-order valence-electron chi connectivity index (χ2n) is 4.76. The first-order valence-corrected chi connectivity index (χ1v) is 6.23. The molecule has 0 spiro atoms. The molecule has 1 atom stereocenters. The Morgan fingerprint density at radius 1 is 1.25 bits per heavy atom. The highest BCUT2D eigenvalue weighted by Gasteiger charge is 2.24. The third-order valence-corrected chi connectivity index (χ3v) is 3.51. The number of aromatic nitrogens is 1. The van der Waals surface area contributed by atoms with Crippen LogP contribution in [0, 0.1) is 5.82 Å². The predicted octanol–water partition coefficient (Wildman–Crippen LogP) is 4.47. The second-order valence-corrected chi connectivity index (χ2v) is 4.76. The Hall–Kier alpha value is -0.920. The van der Waals surface area contributed by atoms with Crippen LogP contribution in [-0.4, -0.2) is 4.98 Å². The first-order valence-electron chi connectivity index (χ1n) is 6.23. The van der Waals surface area contributed by atoms with Crippen molar-refractivity contribution >= 4 is 0 Å². The number of pyridine rings is 1. The molecule has 0 saturated heterocycles. The van der Waals surface area contributed by atoms with Crippen molar-refractivity contribution in [2.45, 2.75) is 58.3 Å². The summed E-state index contributed by atoms with van der Waals surface area (Å²) in [5, 5.41) is 0. The number of hydrogen-bond acceptors (Lipinski definition) is 1. The summed E-state index contributed by atoms with van der Waals surface area (Å²) in [7, 11) is 0. The Balaban J connectivity index is 2.78. The molecule has 0 amide bonds. The van der Waals surface area contributed by atoms with E-state index in [1.165, 1.54) is 25.5 Å². The van der Waals surface area contributed by atoms with Crippen LogP contribution in [0.2, 0.25) is 0 Å². The molecular formula is C14H22FN. The molecule has 1 aromatic heterocycles. The second kappa shape index (κ2) is 5.97. The van der Waals surface area contributed by atoms with Crippen LogP contribution in [-0.2, 0) is 5.41 Å². The number of nitrogens with zero attached hydrogens (tertiary/aromatic N) is 1. The summed E-state index contributed by atoms with van der Waals surface area (Å²) >= 11 is 0. The van der Waals surface area contributed by atoms with E-state index in [1.807, 2.05) is 0 Å². The van der Waals surface area contributed by atoms with Gasteiger partial charge in [-0.2, -0.15) is 0 Å². The smallest absolute Gasteiger partial charge is 0.141 e. The zero-order valence-electron chi connectivity index (χ0n) is 10.6. The summed E-state index contributed by atoms with van der Waals surface area (Å²) in [6, 6.07) is 1.63. The molecule has 0 bridgehead atoms. The van der Waals surface area contributed by atoms with Crippen LogP contribution in [0.3, 0.4) is 0 Å². The molecule has 1 unspecified atom stereocenters. The Bertz CT molecular complexity index is 324. The molecule has 0 fully saturated rings. The van der Waals surface area contributed by atoms with Crippen LogP contribution >= 0.6 is 0 Å². The van der Waals surface area contributed by atoms with E-state index in [-0.39, 0.29) is 11.2 Å². The average molecular weight is 223 g/mol. The van der Waals surface area contributed by atoms with Gasteiger partial charge in [0.25, 0.3) is 0 Å². The zero-order chi connectivity index (χ0) is 12.0. The fraction of sp³-hybridized carbons (Fsp3) is 0.643. The van der Waals surface area contributed by atoms with E-state index in [0.717, 1.165) is 18.4 Å². The van der Waals surface area contributed by atoms with Gasteiger partial charge in [0.1, 0.15) is 5.82 Å². The van der Waals surface area contributed by atoms with Gasteiger partial charge in [0.05, 0.1) is 6.20 Å². The van der Waals surface area contributed by atoms with E-state index >= 15 is 0 Å². The third-order valence-electron chi connectivity index (χ3n) is 3.51. The van der Waals surface area contributed by atoms with Gasteiger partial charge in [-0.3, -0.25) is 4.98 Å². The van der Waals surface area contributed by atoms with E-state index in [4.69, 9.17) is 0 Å². The van der Waals surface area contributed by atoms with E-state index in [2.05, 4.69) is 25.8 Å². The topological polar surface area (TPSA) is 12.9 Å². The zero-order valence-corrected chi connectivity index (χ0v) is 10.6. The number of hydrogen-bond donors (Lipinski definition) is 0. The van der Waals surface area contributed by atoms with Crippen LogP contribution in [0.5, 0.6) is 0 Å². The number of halogens is 1. The molecule has 0 aliphatic rings. The largest absolute Gasteiger partial charge is 0.261 e. The molecule has 16 heavy (non-hydrogen) atoms. The quantitative estimate of drug-likeness (QED) is 0.648. The van der Waals surface area contributed by atoms with Gasteiger partial charge < -0.3 is 0 Å². The van der Waals surface area contributed by atoms with Crippen molar-refractivity contribution in [3.05, 3.63) is 29.8 Å². The maximum atomic E-state index is 13.2. The Morgan fingerprint density at radius 3 is 2.56 bits per heavy atom. The highest BCUT2D eigenvalue weighted by Crippen LogP contribution is 2.32. The van der Waals surface area contributed by atoms with Gasteiger partial charge in [-0.25, -0.2) is 4.39 Å². The number of unbranched alkanes of at least 4 members (excludes halogenated alkanes) is 2. The molecular weight excluding hydrogens is 201 g/mol. The molecule has 0 saturated carbocycles. The van der Waals surface area contributed by atoms with Crippen molar-refractivity contribution in [3.63, 3.8) is 0 Å². The lowest BCUT2D eigenvalue weighted by atomic mass is 9.76. The van der Waals surface area contributed by atoms with Crippen molar-refractivity contribution in [3.8, 4) is 0 Å². The van der Waals surface area contributed by atoms with Crippen LogP contribution in [0.4, 0.5) is 4.39 Å². The molecule has 0 aliphatic heterocycles. The van der Waals surface area contributed by atoms with E-state index in [1.54, 1.807) is 12.3 Å². The molecule has 2 heteroatoms. The Labute approximate surface area is 98.1 Å². The van der Waals surface area contributed by atoms with Crippen LogP contribution in [0.25, 0.3) is 0 Å². The highest BCUT2D eigenvalue weighted by molar-refractivity contribution is 5.21. The van der Waals surface area contributed by atoms with Gasteiger partial charge in [-0.15, -0.1) is 0 Å². The van der Waals surface area contributed by atoms with Crippen molar-refractivity contribution in [2.75, 3.05) is 0 Å². The summed E-state index contributed by atoms with van der Waals surface area (Å²) in [6.45, 7) is 6.57. The Kier molecular flexibility index (Phi) is 4.91. The fourth-order valence-electron chi connectivity index (χ4n) is 2.03. The Morgan fingerprint density at radius 2 is 2.00 bits per heavy atom. The monoisotopic (exact) mass is 223 g/mol. The van der Waals surface area contributed by atoms with Crippen molar-refractivity contribution in [1.29, 1.82) is 0 Å². The molecule has 0 N–H and O–H groups in total. The lowest BCUT2D eigenvalue weighted by Gasteiger charge is -2.28. The molecule has 90 valence electrons. The van der Waals surface area contributed by atoms with E-state index in [9.17, 15) is 4.39 Å². The third kappa shape index (κ3) is 3.29. The molecule has 1 nitrogen and oxygen atoms in total. The first kappa shape index (κ1) is 13.1. The minimum Gasteiger partial charge on any atom is -0.261 e. The normalized spacial score (nSPS) is 14.8. The molecule has 1 aromatic rings. The first-order chi connectivity index (χ1) is 7.62. The molecule has 0 aliphatic carbocycles. The highest BCUT2D eigenvalue weighted by atomic mass is 19.1. The van der Waals surface area contributed by atoms with Crippen molar-refractivity contribution in [1.82, 2.24) is 4.98 Å². The molecule has 0 aromatic carbocycles. The summed E-state index contributed by atoms with van der Waals surface area (Å²) in [5.41, 5.74) is 1.11. The predicted molar refractivity (Wildman–Crippen MR) is 66.0 cm³/mol. The van der Waals surface area contributed by atoms with Gasteiger partial charge in [0.2, 0.25) is 0 Å². The standard InChI is InChI=1S/C14H22FN/c1-4-6-7-8-14(3,5-2)12-9-13(15)11-16-10-12/h9-11H,4-8H2,1-3H3. The molecule has 1 rings (SSSR count). The summed E-state index contributed by atoms with van der Waals surface area (Å²) in [5.74, 6) is -0.229. The van der Waals surface area contributed by atoms with Gasteiger partial charge in [0.15, 0.2) is 0 Å². The summed E-state index contributed by atoms with van der Waals surface area (Å²) in [4.78, 5) is 3.95.